The van der Waals surface area contributed by atoms with E-state index in [0.29, 0.717) is 17.4 Å². The number of pyridine rings is 1. The lowest BCUT2D eigenvalue weighted by molar-refractivity contribution is -0.137. The number of alkyl halides is 3. The largest absolute Gasteiger partial charge is 0.484 e. The van der Waals surface area contributed by atoms with Gasteiger partial charge in [0, 0.05) is 18.0 Å². The lowest BCUT2D eigenvalue weighted by Crippen LogP contribution is -2.22. The van der Waals surface area contributed by atoms with Gasteiger partial charge in [-0.25, -0.2) is 4.98 Å². The van der Waals surface area contributed by atoms with Crippen molar-refractivity contribution in [3.63, 3.8) is 0 Å². The van der Waals surface area contributed by atoms with Gasteiger partial charge in [0.2, 0.25) is 5.88 Å². The average Bonchev–Trinajstić information content (AvgIpc) is 3.40. The smallest absolute Gasteiger partial charge is 0.418 e. The lowest BCUT2D eigenvalue weighted by atomic mass is 10.1. The molecule has 8 nitrogen and oxygen atoms in total. The van der Waals surface area contributed by atoms with Crippen molar-refractivity contribution in [2.24, 2.45) is 0 Å². The van der Waals surface area contributed by atoms with Crippen molar-refractivity contribution in [1.82, 2.24) is 4.98 Å². The van der Waals surface area contributed by atoms with Crippen LogP contribution in [0, 0.1) is 0 Å². The molecule has 0 bridgehead atoms. The van der Waals surface area contributed by atoms with E-state index in [1.165, 1.54) is 24.5 Å². The van der Waals surface area contributed by atoms with Gasteiger partial charge in [-0.05, 0) is 60.7 Å². The normalized spacial score (nSPS) is 11.0. The van der Waals surface area contributed by atoms with E-state index in [2.05, 4.69) is 15.6 Å². The fourth-order valence-electron chi connectivity index (χ4n) is 3.03. The van der Waals surface area contributed by atoms with E-state index in [9.17, 15) is 22.8 Å². The molecule has 0 saturated carbocycles. The molecule has 4 aromatic rings. The molecule has 0 fully saturated rings. The quantitative estimate of drug-likeness (QED) is 0.321. The fraction of sp³-hybridized carbons (Fsp3) is 0.0800. The third-order valence-corrected chi connectivity index (χ3v) is 4.66. The van der Waals surface area contributed by atoms with Crippen LogP contribution in [0.2, 0.25) is 0 Å². The molecule has 0 aliphatic rings. The Bertz CT molecular complexity index is 1330. The summed E-state index contributed by atoms with van der Waals surface area (Å²) < 4.78 is 56.6. The lowest BCUT2D eigenvalue weighted by Gasteiger charge is -2.16. The summed E-state index contributed by atoms with van der Waals surface area (Å²) in [5.74, 6) is -0.381. The number of carbonyl (C=O) groups is 2. The molecular weight excluding hydrogens is 479 g/mol. The second-order valence-corrected chi connectivity index (χ2v) is 7.27. The van der Waals surface area contributed by atoms with Gasteiger partial charge in [0.15, 0.2) is 12.4 Å². The Morgan fingerprint density at radius 1 is 0.917 bits per heavy atom. The first kappa shape index (κ1) is 24.3. The second kappa shape index (κ2) is 10.6. The minimum absolute atomic E-state index is 0.0607. The SMILES string of the molecule is O=C(COc1ccc(Oc2ccccn2)cc1)Nc1ccc(NC(=O)c2ccco2)cc1C(F)(F)F. The molecule has 0 atom stereocenters. The standard InChI is InChI=1S/C25H18F3N3O5/c26-25(27,28)19-14-16(30-24(33)21-4-3-13-34-21)6-11-20(19)31-22(32)15-35-17-7-9-18(10-8-17)36-23-5-1-2-12-29-23/h1-14H,15H2,(H,30,33)(H,31,32). The topological polar surface area (TPSA) is 103 Å². The molecule has 11 heteroatoms. The van der Waals surface area contributed by atoms with Gasteiger partial charge in [-0.15, -0.1) is 0 Å². The maximum Gasteiger partial charge on any atom is 0.418 e. The van der Waals surface area contributed by atoms with E-state index < -0.39 is 35.8 Å². The van der Waals surface area contributed by atoms with Crippen molar-refractivity contribution in [2.75, 3.05) is 17.2 Å². The second-order valence-electron chi connectivity index (χ2n) is 7.27. The number of hydrogen-bond donors (Lipinski definition) is 2. The maximum atomic E-state index is 13.6. The van der Waals surface area contributed by atoms with Crippen LogP contribution in [-0.2, 0) is 11.0 Å². The monoisotopic (exact) mass is 497 g/mol. The van der Waals surface area contributed by atoms with Crippen LogP contribution in [0.25, 0.3) is 0 Å². The first-order chi connectivity index (χ1) is 17.3. The summed E-state index contributed by atoms with van der Waals surface area (Å²) in [4.78, 5) is 28.4. The molecule has 4 rings (SSSR count). The van der Waals surface area contributed by atoms with Crippen LogP contribution in [0.1, 0.15) is 16.1 Å². The zero-order valence-corrected chi connectivity index (χ0v) is 18.4. The van der Waals surface area contributed by atoms with E-state index in [4.69, 9.17) is 13.9 Å². The van der Waals surface area contributed by atoms with Gasteiger partial charge in [-0.1, -0.05) is 6.07 Å². The molecule has 2 amide bonds. The van der Waals surface area contributed by atoms with Crippen LogP contribution in [-0.4, -0.2) is 23.4 Å². The van der Waals surface area contributed by atoms with E-state index in [0.717, 1.165) is 12.1 Å². The van der Waals surface area contributed by atoms with Crippen molar-refractivity contribution in [3.8, 4) is 17.4 Å². The van der Waals surface area contributed by atoms with Gasteiger partial charge in [0.05, 0.1) is 17.5 Å². The Labute approximate surface area is 202 Å². The van der Waals surface area contributed by atoms with Crippen LogP contribution in [0.3, 0.4) is 0 Å². The van der Waals surface area contributed by atoms with Crippen LogP contribution in [0.15, 0.2) is 89.7 Å². The van der Waals surface area contributed by atoms with E-state index in [-0.39, 0.29) is 11.4 Å². The molecule has 0 aliphatic carbocycles. The maximum absolute atomic E-state index is 13.6. The van der Waals surface area contributed by atoms with Gasteiger partial charge in [-0.3, -0.25) is 9.59 Å². The third kappa shape index (κ3) is 6.41. The summed E-state index contributed by atoms with van der Waals surface area (Å²) >= 11 is 0. The number of benzene rings is 2. The van der Waals surface area contributed by atoms with Crippen molar-refractivity contribution in [3.05, 3.63) is 96.6 Å². The molecule has 0 saturated heterocycles. The van der Waals surface area contributed by atoms with Gasteiger partial charge in [-0.2, -0.15) is 13.2 Å². The molecular formula is C25H18F3N3O5. The van der Waals surface area contributed by atoms with Gasteiger partial charge < -0.3 is 24.5 Å². The number of rotatable bonds is 8. The van der Waals surface area contributed by atoms with Gasteiger partial charge in [0.1, 0.15) is 11.5 Å². The molecule has 36 heavy (non-hydrogen) atoms. The molecule has 2 aromatic heterocycles. The highest BCUT2D eigenvalue weighted by molar-refractivity contribution is 6.02. The van der Waals surface area contributed by atoms with E-state index in [1.54, 1.807) is 48.7 Å². The highest BCUT2D eigenvalue weighted by Crippen LogP contribution is 2.36. The number of carbonyl (C=O) groups excluding carboxylic acids is 2. The Morgan fingerprint density at radius 2 is 1.69 bits per heavy atom. The Kier molecular flexibility index (Phi) is 7.19. The fourth-order valence-corrected chi connectivity index (χ4v) is 3.03. The summed E-state index contributed by atoms with van der Waals surface area (Å²) in [5, 5.41) is 4.51. The highest BCUT2D eigenvalue weighted by atomic mass is 19.4. The number of ether oxygens (including phenoxy) is 2. The molecule has 0 spiro atoms. The summed E-state index contributed by atoms with van der Waals surface area (Å²) in [5.41, 5.74) is -1.73. The molecule has 2 N–H and O–H groups in total. The van der Waals surface area contributed by atoms with Crippen molar-refractivity contribution >= 4 is 23.2 Å². The van der Waals surface area contributed by atoms with Crippen LogP contribution in [0.5, 0.6) is 17.4 Å². The first-order valence-corrected chi connectivity index (χ1v) is 10.5. The van der Waals surface area contributed by atoms with E-state index >= 15 is 0 Å². The Hall–Kier alpha value is -4.80. The summed E-state index contributed by atoms with van der Waals surface area (Å²) in [7, 11) is 0. The number of hydrogen-bond acceptors (Lipinski definition) is 6. The van der Waals surface area contributed by atoms with Crippen molar-refractivity contribution in [2.45, 2.75) is 6.18 Å². The predicted octanol–water partition coefficient (Wildman–Crippen LogP) is 5.76. The predicted molar refractivity (Wildman–Crippen MR) is 123 cm³/mol. The summed E-state index contributed by atoms with van der Waals surface area (Å²) in [6, 6.07) is 17.3. The van der Waals surface area contributed by atoms with Crippen molar-refractivity contribution in [1.29, 1.82) is 0 Å². The van der Waals surface area contributed by atoms with E-state index in [1.807, 2.05) is 0 Å². The minimum Gasteiger partial charge on any atom is -0.484 e. The number of nitrogens with zero attached hydrogens (tertiary/aromatic N) is 1. The van der Waals surface area contributed by atoms with Crippen molar-refractivity contribution < 1.29 is 36.7 Å². The number of halogens is 3. The number of amides is 2. The Morgan fingerprint density at radius 3 is 2.36 bits per heavy atom. The minimum atomic E-state index is -4.79. The van der Waals surface area contributed by atoms with Crippen LogP contribution >= 0.6 is 0 Å². The highest BCUT2D eigenvalue weighted by Gasteiger charge is 2.34. The molecule has 2 heterocycles. The van der Waals surface area contributed by atoms with Crippen LogP contribution < -0.4 is 20.1 Å². The molecule has 184 valence electrons. The summed E-state index contributed by atoms with van der Waals surface area (Å²) in [6.07, 6.45) is -1.94. The molecule has 0 radical (unpaired) electrons. The van der Waals surface area contributed by atoms with Gasteiger partial charge in [0.25, 0.3) is 11.8 Å². The Balaban J connectivity index is 1.37. The molecule has 2 aromatic carbocycles. The van der Waals surface area contributed by atoms with Crippen LogP contribution in [0.4, 0.5) is 24.5 Å². The number of furan rings is 1. The number of anilines is 2. The summed E-state index contributed by atoms with van der Waals surface area (Å²) in [6.45, 7) is -0.533. The average molecular weight is 497 g/mol. The first-order valence-electron chi connectivity index (χ1n) is 10.5. The number of nitrogens with one attached hydrogen (secondary N) is 2. The third-order valence-electron chi connectivity index (χ3n) is 4.66. The zero-order chi connectivity index (χ0) is 25.5. The molecule has 0 unspecified atom stereocenters. The van der Waals surface area contributed by atoms with Gasteiger partial charge >= 0.3 is 6.18 Å². The zero-order valence-electron chi connectivity index (χ0n) is 18.4. The number of aromatic nitrogens is 1. The molecule has 0 aliphatic heterocycles.